The summed E-state index contributed by atoms with van der Waals surface area (Å²) < 4.78 is 4.93. The molecule has 72 valence electrons. The Bertz CT molecular complexity index is 298. The van der Waals surface area contributed by atoms with E-state index in [0.717, 1.165) is 0 Å². The van der Waals surface area contributed by atoms with Gasteiger partial charge in [-0.2, -0.15) is 0 Å². The van der Waals surface area contributed by atoms with Crippen molar-refractivity contribution in [3.8, 4) is 0 Å². The molecule has 1 aromatic rings. The number of anilines is 1. The lowest BCUT2D eigenvalue weighted by Gasteiger charge is -2.08. The first kappa shape index (κ1) is 10.1. The van der Waals surface area contributed by atoms with E-state index in [1.165, 1.54) is 18.3 Å². The third-order valence-corrected chi connectivity index (χ3v) is 2.41. The van der Waals surface area contributed by atoms with E-state index in [4.69, 9.17) is 10.5 Å². The zero-order valence-electron chi connectivity index (χ0n) is 7.61. The van der Waals surface area contributed by atoms with Crippen molar-refractivity contribution in [1.29, 1.82) is 0 Å². The average Bonchev–Trinajstić information content (AvgIpc) is 2.46. The number of nitrogen functional groups attached to an aromatic ring is 1. The monoisotopic (exact) mass is 200 g/mol. The van der Waals surface area contributed by atoms with Crippen molar-refractivity contribution >= 4 is 22.3 Å². The van der Waals surface area contributed by atoms with E-state index in [1.807, 2.05) is 0 Å². The van der Waals surface area contributed by atoms with Crippen molar-refractivity contribution < 1.29 is 9.53 Å². The van der Waals surface area contributed by atoms with E-state index < -0.39 is 0 Å². The molecule has 1 unspecified atom stereocenters. The number of rotatable bonds is 4. The van der Waals surface area contributed by atoms with E-state index in [1.54, 1.807) is 12.5 Å². The van der Waals surface area contributed by atoms with Crippen LogP contribution in [0.4, 0.5) is 5.13 Å². The Morgan fingerprint density at radius 1 is 1.85 bits per heavy atom. The van der Waals surface area contributed by atoms with Crippen molar-refractivity contribution in [2.75, 3.05) is 19.5 Å². The largest absolute Gasteiger partial charge is 0.384 e. The zero-order chi connectivity index (χ0) is 9.84. The Labute approximate surface area is 80.7 Å². The molecular formula is C8H12N2O2S. The van der Waals surface area contributed by atoms with Crippen LogP contribution in [0, 0.1) is 0 Å². The minimum atomic E-state index is -0.279. The standard InChI is InChI=1S/C8H12N2O2S/c1-5(11)6(3-12-2)7-4-13-8(9)10-7/h4,6H,3H2,1-2H3,(H2,9,10). The Morgan fingerprint density at radius 2 is 2.54 bits per heavy atom. The molecule has 0 saturated carbocycles. The summed E-state index contributed by atoms with van der Waals surface area (Å²) in [7, 11) is 1.56. The summed E-state index contributed by atoms with van der Waals surface area (Å²) in [6.45, 7) is 1.89. The smallest absolute Gasteiger partial charge is 0.180 e. The first-order valence-electron chi connectivity index (χ1n) is 3.85. The number of methoxy groups -OCH3 is 1. The van der Waals surface area contributed by atoms with Gasteiger partial charge in [0.05, 0.1) is 18.2 Å². The minimum Gasteiger partial charge on any atom is -0.384 e. The van der Waals surface area contributed by atoms with Crippen LogP contribution in [0.1, 0.15) is 18.5 Å². The molecule has 4 nitrogen and oxygen atoms in total. The van der Waals surface area contributed by atoms with Gasteiger partial charge in [0.1, 0.15) is 5.78 Å². The molecule has 0 fully saturated rings. The first-order chi connectivity index (χ1) is 6.15. The van der Waals surface area contributed by atoms with Gasteiger partial charge in [-0.05, 0) is 6.92 Å². The second-order valence-electron chi connectivity index (χ2n) is 2.73. The van der Waals surface area contributed by atoms with Crippen LogP contribution >= 0.6 is 11.3 Å². The molecule has 0 spiro atoms. The van der Waals surface area contributed by atoms with Gasteiger partial charge in [0.15, 0.2) is 5.13 Å². The third-order valence-electron chi connectivity index (χ3n) is 1.72. The SMILES string of the molecule is COCC(C(C)=O)c1csc(N)n1. The molecule has 0 radical (unpaired) electrons. The van der Waals surface area contributed by atoms with Crippen LogP contribution in [0.5, 0.6) is 0 Å². The summed E-state index contributed by atoms with van der Waals surface area (Å²) in [5, 5.41) is 2.28. The fourth-order valence-electron chi connectivity index (χ4n) is 1.04. The molecule has 2 N–H and O–H groups in total. The number of ether oxygens (including phenoxy) is 1. The van der Waals surface area contributed by atoms with Crippen molar-refractivity contribution in [2.45, 2.75) is 12.8 Å². The van der Waals surface area contributed by atoms with Crippen molar-refractivity contribution in [3.05, 3.63) is 11.1 Å². The molecule has 1 rings (SSSR count). The van der Waals surface area contributed by atoms with Crippen LogP contribution in [0.2, 0.25) is 0 Å². The number of ketones is 1. The van der Waals surface area contributed by atoms with Crippen LogP contribution in [-0.2, 0) is 9.53 Å². The number of Topliss-reactive ketones (excluding diaryl/α,β-unsaturated/α-hetero) is 1. The Kier molecular flexibility index (Phi) is 3.39. The Hall–Kier alpha value is -0.940. The second kappa shape index (κ2) is 4.34. The molecule has 5 heteroatoms. The topological polar surface area (TPSA) is 65.2 Å². The minimum absolute atomic E-state index is 0.0483. The maximum atomic E-state index is 11.2. The highest BCUT2D eigenvalue weighted by Crippen LogP contribution is 2.21. The Morgan fingerprint density at radius 3 is 2.92 bits per heavy atom. The first-order valence-corrected chi connectivity index (χ1v) is 4.73. The lowest BCUT2D eigenvalue weighted by atomic mass is 10.0. The lowest BCUT2D eigenvalue weighted by molar-refractivity contribution is -0.119. The maximum Gasteiger partial charge on any atom is 0.180 e. The van der Waals surface area contributed by atoms with Gasteiger partial charge < -0.3 is 10.5 Å². The van der Waals surface area contributed by atoms with Gasteiger partial charge in [-0.25, -0.2) is 4.98 Å². The van der Waals surface area contributed by atoms with Gasteiger partial charge in [-0.3, -0.25) is 4.79 Å². The number of carbonyl (C=O) groups excluding carboxylic acids is 1. The van der Waals surface area contributed by atoms with E-state index in [2.05, 4.69) is 4.98 Å². The molecule has 1 heterocycles. The van der Waals surface area contributed by atoms with Crippen LogP contribution < -0.4 is 5.73 Å². The molecule has 0 aromatic carbocycles. The molecule has 0 aliphatic heterocycles. The average molecular weight is 200 g/mol. The van der Waals surface area contributed by atoms with E-state index >= 15 is 0 Å². The van der Waals surface area contributed by atoms with E-state index in [-0.39, 0.29) is 11.7 Å². The van der Waals surface area contributed by atoms with Gasteiger partial charge in [-0.15, -0.1) is 11.3 Å². The summed E-state index contributed by atoms with van der Waals surface area (Å²) in [5.41, 5.74) is 6.17. The number of thiazole rings is 1. The molecule has 13 heavy (non-hydrogen) atoms. The van der Waals surface area contributed by atoms with Crippen LogP contribution in [0.25, 0.3) is 0 Å². The Balaban J connectivity index is 2.81. The zero-order valence-corrected chi connectivity index (χ0v) is 8.43. The van der Waals surface area contributed by atoms with Gasteiger partial charge in [-0.1, -0.05) is 0 Å². The molecule has 1 aromatic heterocycles. The molecule has 0 bridgehead atoms. The molecule has 0 saturated heterocycles. The fourth-order valence-corrected chi connectivity index (χ4v) is 1.65. The second-order valence-corrected chi connectivity index (χ2v) is 3.62. The van der Waals surface area contributed by atoms with Crippen molar-refractivity contribution in [3.63, 3.8) is 0 Å². The molecule has 0 aliphatic carbocycles. The normalized spacial score (nSPS) is 12.8. The summed E-state index contributed by atoms with van der Waals surface area (Å²) in [4.78, 5) is 15.2. The molecule has 0 amide bonds. The lowest BCUT2D eigenvalue weighted by Crippen LogP contribution is -2.15. The van der Waals surface area contributed by atoms with E-state index in [0.29, 0.717) is 17.4 Å². The summed E-state index contributed by atoms with van der Waals surface area (Å²) in [5.74, 6) is -0.231. The van der Waals surface area contributed by atoms with Gasteiger partial charge in [0.25, 0.3) is 0 Å². The maximum absolute atomic E-state index is 11.2. The van der Waals surface area contributed by atoms with E-state index in [9.17, 15) is 4.79 Å². The van der Waals surface area contributed by atoms with Crippen LogP contribution in [0.3, 0.4) is 0 Å². The summed E-state index contributed by atoms with van der Waals surface area (Å²) in [6, 6.07) is 0. The highest BCUT2D eigenvalue weighted by molar-refractivity contribution is 7.13. The van der Waals surface area contributed by atoms with Crippen LogP contribution in [0.15, 0.2) is 5.38 Å². The van der Waals surface area contributed by atoms with Gasteiger partial charge >= 0.3 is 0 Å². The highest BCUT2D eigenvalue weighted by Gasteiger charge is 2.19. The molecular weight excluding hydrogens is 188 g/mol. The molecule has 0 aliphatic rings. The summed E-state index contributed by atoms with van der Waals surface area (Å²) >= 11 is 1.33. The predicted octanol–water partition coefficient (Wildman–Crippen LogP) is 1.04. The summed E-state index contributed by atoms with van der Waals surface area (Å²) in [6.07, 6.45) is 0. The molecule has 1 atom stereocenters. The van der Waals surface area contributed by atoms with Gasteiger partial charge in [0, 0.05) is 12.5 Å². The quantitative estimate of drug-likeness (QED) is 0.788. The number of carbonyl (C=O) groups is 1. The van der Waals surface area contributed by atoms with Crippen LogP contribution in [-0.4, -0.2) is 24.5 Å². The fraction of sp³-hybridized carbons (Fsp3) is 0.500. The van der Waals surface area contributed by atoms with Crippen molar-refractivity contribution in [1.82, 2.24) is 4.98 Å². The third kappa shape index (κ3) is 2.50. The van der Waals surface area contributed by atoms with Gasteiger partial charge in [0.2, 0.25) is 0 Å². The number of hydrogen-bond donors (Lipinski definition) is 1. The highest BCUT2D eigenvalue weighted by atomic mass is 32.1. The number of hydrogen-bond acceptors (Lipinski definition) is 5. The predicted molar refractivity (Wildman–Crippen MR) is 51.8 cm³/mol. The number of nitrogens with two attached hydrogens (primary N) is 1. The van der Waals surface area contributed by atoms with Crippen molar-refractivity contribution in [2.24, 2.45) is 0 Å². The number of nitrogens with zero attached hydrogens (tertiary/aromatic N) is 1. The number of aromatic nitrogens is 1.